The molecule has 0 aromatic heterocycles. The van der Waals surface area contributed by atoms with Gasteiger partial charge in [0.2, 0.25) is 15.9 Å². The SMILES string of the molecule is Cc1ccc(Cl)cc1NC(=O)CCN(CC1CCCO1)S(C)(=O)=O. The van der Waals surface area contributed by atoms with Crippen molar-refractivity contribution in [2.75, 3.05) is 31.3 Å². The van der Waals surface area contributed by atoms with Crippen LogP contribution in [0.4, 0.5) is 5.69 Å². The van der Waals surface area contributed by atoms with Gasteiger partial charge in [-0.1, -0.05) is 17.7 Å². The number of carbonyl (C=O) groups excluding carboxylic acids is 1. The number of benzene rings is 1. The molecule has 8 heteroatoms. The molecule has 1 aliphatic rings. The van der Waals surface area contributed by atoms with Gasteiger partial charge in [-0.2, -0.15) is 4.31 Å². The van der Waals surface area contributed by atoms with Crippen LogP contribution in [0.3, 0.4) is 0 Å². The van der Waals surface area contributed by atoms with E-state index in [1.807, 2.05) is 13.0 Å². The Morgan fingerprint density at radius 3 is 2.83 bits per heavy atom. The number of nitrogens with one attached hydrogen (secondary N) is 1. The summed E-state index contributed by atoms with van der Waals surface area (Å²) < 4.78 is 30.6. The van der Waals surface area contributed by atoms with Gasteiger partial charge in [-0.3, -0.25) is 4.79 Å². The Balaban J connectivity index is 1.92. The number of anilines is 1. The number of rotatable bonds is 7. The number of carbonyl (C=O) groups is 1. The van der Waals surface area contributed by atoms with Gasteiger partial charge >= 0.3 is 0 Å². The van der Waals surface area contributed by atoms with E-state index < -0.39 is 10.0 Å². The molecule has 0 aliphatic carbocycles. The lowest BCUT2D eigenvalue weighted by atomic mass is 10.2. The van der Waals surface area contributed by atoms with Crippen molar-refractivity contribution in [3.05, 3.63) is 28.8 Å². The Hall–Kier alpha value is -1.15. The van der Waals surface area contributed by atoms with Crippen LogP contribution < -0.4 is 5.32 Å². The van der Waals surface area contributed by atoms with E-state index in [1.54, 1.807) is 12.1 Å². The van der Waals surface area contributed by atoms with Gasteiger partial charge in [0, 0.05) is 36.8 Å². The summed E-state index contributed by atoms with van der Waals surface area (Å²) in [4.78, 5) is 12.1. The lowest BCUT2D eigenvalue weighted by molar-refractivity contribution is -0.116. The Morgan fingerprint density at radius 2 is 2.21 bits per heavy atom. The van der Waals surface area contributed by atoms with E-state index >= 15 is 0 Å². The fourth-order valence-electron chi connectivity index (χ4n) is 2.58. The molecule has 2 rings (SSSR count). The predicted octanol–water partition coefficient (Wildman–Crippen LogP) is 2.42. The molecule has 6 nitrogen and oxygen atoms in total. The first-order chi connectivity index (χ1) is 11.3. The molecule has 1 saturated heterocycles. The van der Waals surface area contributed by atoms with Crippen LogP contribution in [0, 0.1) is 6.92 Å². The molecule has 0 bridgehead atoms. The first-order valence-corrected chi connectivity index (χ1v) is 10.1. The summed E-state index contributed by atoms with van der Waals surface area (Å²) in [7, 11) is -3.38. The van der Waals surface area contributed by atoms with Crippen molar-refractivity contribution in [1.29, 1.82) is 0 Å². The largest absolute Gasteiger partial charge is 0.377 e. The minimum Gasteiger partial charge on any atom is -0.377 e. The third-order valence-corrected chi connectivity index (χ3v) is 5.47. The fraction of sp³-hybridized carbons (Fsp3) is 0.562. The molecule has 24 heavy (non-hydrogen) atoms. The second-order valence-corrected chi connectivity index (χ2v) is 8.43. The number of hydrogen-bond donors (Lipinski definition) is 1. The molecular weight excluding hydrogens is 352 g/mol. The highest BCUT2D eigenvalue weighted by molar-refractivity contribution is 7.88. The number of halogens is 1. The van der Waals surface area contributed by atoms with Crippen LogP contribution in [-0.4, -0.2) is 50.7 Å². The maximum absolute atomic E-state index is 12.1. The number of ether oxygens (including phenoxy) is 1. The quantitative estimate of drug-likeness (QED) is 0.795. The highest BCUT2D eigenvalue weighted by Crippen LogP contribution is 2.20. The van der Waals surface area contributed by atoms with Crippen molar-refractivity contribution in [2.45, 2.75) is 32.3 Å². The predicted molar refractivity (Wildman–Crippen MR) is 94.8 cm³/mol. The van der Waals surface area contributed by atoms with Crippen LogP contribution in [0.15, 0.2) is 18.2 Å². The molecule has 1 unspecified atom stereocenters. The van der Waals surface area contributed by atoms with Crippen molar-refractivity contribution in [2.24, 2.45) is 0 Å². The van der Waals surface area contributed by atoms with Crippen LogP contribution in [0.5, 0.6) is 0 Å². The molecule has 1 aromatic rings. The first-order valence-electron chi connectivity index (χ1n) is 7.88. The zero-order valence-electron chi connectivity index (χ0n) is 13.9. The number of nitrogens with zero attached hydrogens (tertiary/aromatic N) is 1. The van der Waals surface area contributed by atoms with E-state index in [0.29, 0.717) is 23.9 Å². The van der Waals surface area contributed by atoms with Crippen molar-refractivity contribution < 1.29 is 17.9 Å². The Morgan fingerprint density at radius 1 is 1.46 bits per heavy atom. The lowest BCUT2D eigenvalue weighted by Gasteiger charge is -2.22. The van der Waals surface area contributed by atoms with Crippen molar-refractivity contribution >= 4 is 33.2 Å². The van der Waals surface area contributed by atoms with E-state index in [-0.39, 0.29) is 25.0 Å². The van der Waals surface area contributed by atoms with Gasteiger partial charge in [-0.25, -0.2) is 8.42 Å². The zero-order valence-corrected chi connectivity index (χ0v) is 15.5. The van der Waals surface area contributed by atoms with Crippen LogP contribution in [0.1, 0.15) is 24.8 Å². The minimum atomic E-state index is -3.38. The van der Waals surface area contributed by atoms with E-state index in [4.69, 9.17) is 16.3 Å². The van der Waals surface area contributed by atoms with Crippen molar-refractivity contribution in [3.63, 3.8) is 0 Å². The average molecular weight is 375 g/mol. The topological polar surface area (TPSA) is 75.7 Å². The van der Waals surface area contributed by atoms with E-state index in [9.17, 15) is 13.2 Å². The summed E-state index contributed by atoms with van der Waals surface area (Å²) in [5.41, 5.74) is 1.53. The van der Waals surface area contributed by atoms with E-state index in [0.717, 1.165) is 24.7 Å². The van der Waals surface area contributed by atoms with Gasteiger partial charge in [-0.15, -0.1) is 0 Å². The summed E-state index contributed by atoms with van der Waals surface area (Å²) in [5, 5.41) is 3.31. The molecule has 1 aromatic carbocycles. The summed E-state index contributed by atoms with van der Waals surface area (Å²) in [6.07, 6.45) is 2.93. The average Bonchev–Trinajstić information content (AvgIpc) is 2.99. The Kier molecular flexibility index (Phi) is 6.62. The summed E-state index contributed by atoms with van der Waals surface area (Å²) >= 11 is 5.93. The normalized spacial score (nSPS) is 18.1. The monoisotopic (exact) mass is 374 g/mol. The second kappa shape index (κ2) is 8.29. The van der Waals surface area contributed by atoms with Crippen LogP contribution >= 0.6 is 11.6 Å². The molecule has 1 fully saturated rings. The van der Waals surface area contributed by atoms with Gasteiger partial charge < -0.3 is 10.1 Å². The number of hydrogen-bond acceptors (Lipinski definition) is 4. The van der Waals surface area contributed by atoms with Gasteiger partial charge in [0.1, 0.15) is 0 Å². The highest BCUT2D eigenvalue weighted by Gasteiger charge is 2.25. The number of sulfonamides is 1. The third-order valence-electron chi connectivity index (χ3n) is 3.96. The first kappa shape index (κ1) is 19.2. The molecule has 1 amide bonds. The van der Waals surface area contributed by atoms with Crippen molar-refractivity contribution in [1.82, 2.24) is 4.31 Å². The molecule has 134 valence electrons. The van der Waals surface area contributed by atoms with Gasteiger partial charge in [0.25, 0.3) is 0 Å². The lowest BCUT2D eigenvalue weighted by Crippen LogP contribution is -2.38. The van der Waals surface area contributed by atoms with Crippen LogP contribution in [0.25, 0.3) is 0 Å². The zero-order chi connectivity index (χ0) is 17.7. The Bertz CT molecular complexity index is 687. The highest BCUT2D eigenvalue weighted by atomic mass is 35.5. The third kappa shape index (κ3) is 5.73. The number of aryl methyl sites for hydroxylation is 1. The van der Waals surface area contributed by atoms with E-state index in [1.165, 1.54) is 4.31 Å². The fourth-order valence-corrected chi connectivity index (χ4v) is 3.61. The smallest absolute Gasteiger partial charge is 0.225 e. The molecule has 0 radical (unpaired) electrons. The second-order valence-electron chi connectivity index (χ2n) is 6.01. The molecule has 1 heterocycles. The summed E-state index contributed by atoms with van der Waals surface area (Å²) in [6.45, 7) is 2.95. The summed E-state index contributed by atoms with van der Waals surface area (Å²) in [6, 6.07) is 5.24. The molecule has 1 aliphatic heterocycles. The van der Waals surface area contributed by atoms with Gasteiger partial charge in [0.15, 0.2) is 0 Å². The maximum Gasteiger partial charge on any atom is 0.225 e. The molecule has 1 atom stereocenters. The Labute approximate surface area is 148 Å². The summed E-state index contributed by atoms with van der Waals surface area (Å²) in [5.74, 6) is -0.249. The minimum absolute atomic E-state index is 0.0751. The van der Waals surface area contributed by atoms with Crippen LogP contribution in [0.2, 0.25) is 5.02 Å². The molecular formula is C16H23ClN2O4S. The maximum atomic E-state index is 12.1. The molecule has 0 saturated carbocycles. The standard InChI is InChI=1S/C16H23ClN2O4S/c1-12-5-6-13(17)10-15(12)18-16(20)7-8-19(24(2,21)22)11-14-4-3-9-23-14/h5-6,10,14H,3-4,7-9,11H2,1-2H3,(H,18,20). The van der Waals surface area contributed by atoms with Crippen molar-refractivity contribution in [3.8, 4) is 0 Å². The van der Waals surface area contributed by atoms with E-state index in [2.05, 4.69) is 5.32 Å². The van der Waals surface area contributed by atoms with Crippen LogP contribution in [-0.2, 0) is 19.6 Å². The molecule has 0 spiro atoms. The number of amides is 1. The molecule has 1 N–H and O–H groups in total. The van der Waals surface area contributed by atoms with Gasteiger partial charge in [0.05, 0.1) is 12.4 Å². The van der Waals surface area contributed by atoms with Gasteiger partial charge in [-0.05, 0) is 37.5 Å².